The van der Waals surface area contributed by atoms with Crippen molar-refractivity contribution in [2.75, 3.05) is 19.8 Å². The van der Waals surface area contributed by atoms with Gasteiger partial charge in [0.2, 0.25) is 0 Å². The van der Waals surface area contributed by atoms with E-state index in [1.54, 1.807) is 0 Å². The molecule has 1 atom stereocenters. The molecule has 1 saturated carbocycles. The molecule has 1 rings (SSSR count). The second kappa shape index (κ2) is 5.70. The number of aliphatic hydroxyl groups excluding tert-OH is 1. The van der Waals surface area contributed by atoms with Gasteiger partial charge in [-0.05, 0) is 5.92 Å². The molecule has 0 aromatic heterocycles. The molecule has 0 spiro atoms. The summed E-state index contributed by atoms with van der Waals surface area (Å²) >= 11 is 0. The monoisotopic (exact) mass is 226 g/mol. The van der Waals surface area contributed by atoms with Gasteiger partial charge in [-0.15, -0.1) is 0 Å². The van der Waals surface area contributed by atoms with Crippen molar-refractivity contribution in [2.24, 2.45) is 11.8 Å². The molecule has 0 saturated heterocycles. The summed E-state index contributed by atoms with van der Waals surface area (Å²) in [7, 11) is 0. The summed E-state index contributed by atoms with van der Waals surface area (Å²) in [6, 6.07) is 0. The number of hydrogen-bond acceptors (Lipinski definition) is 2. The van der Waals surface area contributed by atoms with E-state index in [1.165, 1.54) is 0 Å². The number of aliphatic hydroxyl groups is 1. The molecule has 1 unspecified atom stereocenters. The van der Waals surface area contributed by atoms with Crippen LogP contribution in [0.4, 0.5) is 13.2 Å². The molecule has 1 aliphatic carbocycles. The number of halogens is 3. The lowest BCUT2D eigenvalue weighted by atomic mass is 9.92. The van der Waals surface area contributed by atoms with Crippen molar-refractivity contribution in [3.63, 3.8) is 0 Å². The van der Waals surface area contributed by atoms with E-state index in [1.807, 2.05) is 0 Å². The molecule has 1 fully saturated rings. The summed E-state index contributed by atoms with van der Waals surface area (Å²) in [5.41, 5.74) is 0. The van der Waals surface area contributed by atoms with Crippen molar-refractivity contribution in [3.8, 4) is 0 Å². The van der Waals surface area contributed by atoms with Gasteiger partial charge < -0.3 is 9.84 Å². The Hall–Kier alpha value is -0.290. The summed E-state index contributed by atoms with van der Waals surface area (Å²) in [5.74, 6) is 0.207. The molecule has 1 aliphatic rings. The van der Waals surface area contributed by atoms with Crippen molar-refractivity contribution < 1.29 is 23.0 Å². The molecule has 0 aromatic carbocycles. The van der Waals surface area contributed by atoms with Gasteiger partial charge in [0.25, 0.3) is 0 Å². The quantitative estimate of drug-likeness (QED) is 0.779. The number of ether oxygens (including phenoxy) is 1. The number of hydrogen-bond donors (Lipinski definition) is 1. The molecule has 5 heteroatoms. The Bertz CT molecular complexity index is 176. The van der Waals surface area contributed by atoms with Gasteiger partial charge in [-0.25, -0.2) is 0 Å². The highest BCUT2D eigenvalue weighted by molar-refractivity contribution is 4.74. The Morgan fingerprint density at radius 1 is 1.27 bits per heavy atom. The molecule has 0 amide bonds. The number of alkyl halides is 3. The fourth-order valence-corrected chi connectivity index (χ4v) is 2.09. The van der Waals surface area contributed by atoms with E-state index in [4.69, 9.17) is 5.11 Å². The summed E-state index contributed by atoms with van der Waals surface area (Å²) in [4.78, 5) is 0. The van der Waals surface area contributed by atoms with Gasteiger partial charge in [0, 0.05) is 12.5 Å². The predicted octanol–water partition coefficient (Wildman–Crippen LogP) is 2.36. The maximum absolute atomic E-state index is 11.8. The predicted molar refractivity (Wildman–Crippen MR) is 49.4 cm³/mol. The van der Waals surface area contributed by atoms with Crippen molar-refractivity contribution in [1.29, 1.82) is 0 Å². The first-order valence-corrected chi connectivity index (χ1v) is 5.28. The number of rotatable bonds is 5. The molecule has 0 heterocycles. The average molecular weight is 226 g/mol. The van der Waals surface area contributed by atoms with Crippen LogP contribution < -0.4 is 0 Å². The Balaban J connectivity index is 2.21. The van der Waals surface area contributed by atoms with Crippen LogP contribution in [0.2, 0.25) is 0 Å². The van der Waals surface area contributed by atoms with E-state index in [0.717, 1.165) is 25.7 Å². The van der Waals surface area contributed by atoms with Crippen LogP contribution in [0.25, 0.3) is 0 Å². The molecule has 1 N–H and O–H groups in total. The Labute approximate surface area is 87.4 Å². The highest BCUT2D eigenvalue weighted by Gasteiger charge is 2.29. The lowest BCUT2D eigenvalue weighted by Gasteiger charge is -2.21. The van der Waals surface area contributed by atoms with Gasteiger partial charge >= 0.3 is 6.18 Å². The van der Waals surface area contributed by atoms with Crippen molar-refractivity contribution in [2.45, 2.75) is 31.9 Å². The second-order valence-electron chi connectivity index (χ2n) is 4.12. The molecule has 0 aromatic rings. The Kier molecular flexibility index (Phi) is 4.86. The topological polar surface area (TPSA) is 29.5 Å². The molecule has 2 nitrogen and oxygen atoms in total. The minimum atomic E-state index is -4.27. The summed E-state index contributed by atoms with van der Waals surface area (Å²) in [5, 5.41) is 9.05. The molecular formula is C10H17F3O2. The average Bonchev–Trinajstić information content (AvgIpc) is 2.63. The first kappa shape index (κ1) is 12.8. The molecule has 0 radical (unpaired) electrons. The maximum Gasteiger partial charge on any atom is 0.411 e. The fraction of sp³-hybridized carbons (Fsp3) is 1.00. The van der Waals surface area contributed by atoms with E-state index in [2.05, 4.69) is 4.74 Å². The van der Waals surface area contributed by atoms with Crippen molar-refractivity contribution >= 4 is 0 Å². The van der Waals surface area contributed by atoms with Crippen LogP contribution in [0.5, 0.6) is 0 Å². The van der Waals surface area contributed by atoms with E-state index in [-0.39, 0.29) is 19.1 Å². The van der Waals surface area contributed by atoms with Crippen LogP contribution in [-0.4, -0.2) is 31.1 Å². The standard InChI is InChI=1S/C10H17F3O2/c11-10(12,13)7-15-6-9(5-14)8-3-1-2-4-8/h8-9,14H,1-7H2. The largest absolute Gasteiger partial charge is 0.411 e. The van der Waals surface area contributed by atoms with Crippen LogP contribution in [0.1, 0.15) is 25.7 Å². The van der Waals surface area contributed by atoms with Crippen LogP contribution in [-0.2, 0) is 4.74 Å². The highest BCUT2D eigenvalue weighted by atomic mass is 19.4. The lowest BCUT2D eigenvalue weighted by Crippen LogP contribution is -2.25. The van der Waals surface area contributed by atoms with Gasteiger partial charge in [-0.2, -0.15) is 13.2 Å². The molecule has 15 heavy (non-hydrogen) atoms. The van der Waals surface area contributed by atoms with Gasteiger partial charge in [-0.3, -0.25) is 0 Å². The Morgan fingerprint density at radius 3 is 2.33 bits per heavy atom. The lowest BCUT2D eigenvalue weighted by molar-refractivity contribution is -0.178. The Morgan fingerprint density at radius 2 is 1.87 bits per heavy atom. The zero-order valence-electron chi connectivity index (χ0n) is 8.59. The second-order valence-corrected chi connectivity index (χ2v) is 4.12. The van der Waals surface area contributed by atoms with E-state index in [0.29, 0.717) is 5.92 Å². The highest BCUT2D eigenvalue weighted by Crippen LogP contribution is 2.31. The van der Waals surface area contributed by atoms with Gasteiger partial charge in [0.05, 0.1) is 6.61 Å². The fourth-order valence-electron chi connectivity index (χ4n) is 2.09. The van der Waals surface area contributed by atoms with E-state index in [9.17, 15) is 13.2 Å². The van der Waals surface area contributed by atoms with Crippen LogP contribution in [0, 0.1) is 11.8 Å². The summed E-state index contributed by atoms with van der Waals surface area (Å²) in [6.07, 6.45) is -0.0439. The van der Waals surface area contributed by atoms with Gasteiger partial charge in [0.1, 0.15) is 6.61 Å². The third-order valence-corrected chi connectivity index (χ3v) is 2.90. The summed E-state index contributed by atoms with van der Waals surface area (Å²) < 4.78 is 40.0. The first-order chi connectivity index (χ1) is 7.03. The van der Waals surface area contributed by atoms with Crippen LogP contribution in [0.15, 0.2) is 0 Å². The minimum Gasteiger partial charge on any atom is -0.396 e. The molecule has 0 aliphatic heterocycles. The van der Waals surface area contributed by atoms with Gasteiger partial charge in [0.15, 0.2) is 0 Å². The third kappa shape index (κ3) is 4.84. The SMILES string of the molecule is OCC(COCC(F)(F)F)C1CCCC1. The zero-order chi connectivity index (χ0) is 11.3. The molecule has 0 bridgehead atoms. The van der Waals surface area contributed by atoms with Crippen molar-refractivity contribution in [3.05, 3.63) is 0 Å². The summed E-state index contributed by atoms with van der Waals surface area (Å²) in [6.45, 7) is -1.28. The first-order valence-electron chi connectivity index (χ1n) is 5.28. The van der Waals surface area contributed by atoms with Crippen LogP contribution >= 0.6 is 0 Å². The smallest absolute Gasteiger partial charge is 0.396 e. The van der Waals surface area contributed by atoms with E-state index >= 15 is 0 Å². The zero-order valence-corrected chi connectivity index (χ0v) is 8.59. The third-order valence-electron chi connectivity index (χ3n) is 2.90. The normalized spacial score (nSPS) is 20.8. The minimum absolute atomic E-state index is 0.0146. The molecular weight excluding hydrogens is 209 g/mol. The maximum atomic E-state index is 11.8. The molecule has 90 valence electrons. The van der Waals surface area contributed by atoms with Crippen molar-refractivity contribution in [1.82, 2.24) is 0 Å². The van der Waals surface area contributed by atoms with Gasteiger partial charge in [-0.1, -0.05) is 25.7 Å². The van der Waals surface area contributed by atoms with E-state index < -0.39 is 12.8 Å². The van der Waals surface area contributed by atoms with Crippen LogP contribution in [0.3, 0.4) is 0 Å².